The van der Waals surface area contributed by atoms with Crippen molar-refractivity contribution in [3.63, 3.8) is 0 Å². The Morgan fingerprint density at radius 2 is 1.86 bits per heavy atom. The first-order valence-corrected chi connectivity index (χ1v) is 12.0. The molecule has 6 heteroatoms. The van der Waals surface area contributed by atoms with E-state index in [2.05, 4.69) is 12.2 Å². The predicted octanol–water partition coefficient (Wildman–Crippen LogP) is 5.83. The molecule has 0 unspecified atom stereocenters. The van der Waals surface area contributed by atoms with Crippen LogP contribution in [0, 0.1) is 0 Å². The molecule has 1 aliphatic heterocycles. The molecule has 180 valence electrons. The molecule has 0 spiro atoms. The van der Waals surface area contributed by atoms with Gasteiger partial charge in [0.2, 0.25) is 5.91 Å². The smallest absolute Gasteiger partial charge is 0.265 e. The SMILES string of the molecule is CCCCCN1C(=O)COc2ccc(NC(=O)/C=C/c3ccc(OCc4ccccc4)cc3)cc21. The van der Waals surface area contributed by atoms with Gasteiger partial charge in [0.1, 0.15) is 18.1 Å². The van der Waals surface area contributed by atoms with E-state index in [4.69, 9.17) is 9.47 Å². The average molecular weight is 471 g/mol. The van der Waals surface area contributed by atoms with Crippen LogP contribution < -0.4 is 19.7 Å². The minimum absolute atomic E-state index is 0.0453. The Morgan fingerprint density at radius 3 is 2.63 bits per heavy atom. The summed E-state index contributed by atoms with van der Waals surface area (Å²) in [5.74, 6) is 1.11. The number of unbranched alkanes of at least 4 members (excludes halogenated alkanes) is 2. The highest BCUT2D eigenvalue weighted by atomic mass is 16.5. The molecule has 3 aromatic rings. The van der Waals surface area contributed by atoms with Crippen molar-refractivity contribution < 1.29 is 19.1 Å². The van der Waals surface area contributed by atoms with E-state index in [1.165, 1.54) is 6.08 Å². The zero-order chi connectivity index (χ0) is 24.5. The lowest BCUT2D eigenvalue weighted by Gasteiger charge is -2.29. The molecular weight excluding hydrogens is 440 g/mol. The van der Waals surface area contributed by atoms with Crippen LogP contribution in [0.1, 0.15) is 37.3 Å². The van der Waals surface area contributed by atoms with Crippen molar-refractivity contribution in [2.24, 2.45) is 0 Å². The van der Waals surface area contributed by atoms with Crippen LogP contribution in [0.4, 0.5) is 11.4 Å². The number of carbonyl (C=O) groups excluding carboxylic acids is 2. The molecule has 0 saturated heterocycles. The second kappa shape index (κ2) is 11.9. The summed E-state index contributed by atoms with van der Waals surface area (Å²) in [7, 11) is 0. The van der Waals surface area contributed by atoms with E-state index in [-0.39, 0.29) is 18.4 Å². The topological polar surface area (TPSA) is 67.9 Å². The summed E-state index contributed by atoms with van der Waals surface area (Å²) >= 11 is 0. The maximum Gasteiger partial charge on any atom is 0.265 e. The quantitative estimate of drug-likeness (QED) is 0.299. The summed E-state index contributed by atoms with van der Waals surface area (Å²) in [6.45, 7) is 3.32. The Kier molecular flexibility index (Phi) is 8.17. The van der Waals surface area contributed by atoms with Gasteiger partial charge in [0.15, 0.2) is 6.61 Å². The third-order valence-electron chi connectivity index (χ3n) is 5.71. The lowest BCUT2D eigenvalue weighted by molar-refractivity contribution is -0.121. The van der Waals surface area contributed by atoms with Gasteiger partial charge in [-0.25, -0.2) is 0 Å². The molecule has 0 radical (unpaired) electrons. The van der Waals surface area contributed by atoms with Crippen molar-refractivity contribution in [1.82, 2.24) is 0 Å². The van der Waals surface area contributed by atoms with E-state index in [0.717, 1.165) is 36.1 Å². The highest BCUT2D eigenvalue weighted by Gasteiger charge is 2.25. The Hall–Kier alpha value is -4.06. The lowest BCUT2D eigenvalue weighted by atomic mass is 10.1. The second-order valence-corrected chi connectivity index (χ2v) is 8.39. The summed E-state index contributed by atoms with van der Waals surface area (Å²) in [5, 5.41) is 2.87. The molecule has 2 amide bonds. The molecule has 0 aromatic heterocycles. The van der Waals surface area contributed by atoms with Crippen LogP contribution in [-0.4, -0.2) is 25.0 Å². The molecular formula is C29H30N2O4. The number of amides is 2. The van der Waals surface area contributed by atoms with Gasteiger partial charge in [0, 0.05) is 18.3 Å². The number of ether oxygens (including phenoxy) is 2. The number of hydrogen-bond donors (Lipinski definition) is 1. The fraction of sp³-hybridized carbons (Fsp3) is 0.241. The molecule has 3 aromatic carbocycles. The van der Waals surface area contributed by atoms with Crippen molar-refractivity contribution in [3.8, 4) is 11.5 Å². The number of rotatable bonds is 10. The summed E-state index contributed by atoms with van der Waals surface area (Å²) in [6.07, 6.45) is 6.30. The lowest BCUT2D eigenvalue weighted by Crippen LogP contribution is -2.39. The minimum atomic E-state index is -0.255. The monoisotopic (exact) mass is 470 g/mol. The molecule has 1 N–H and O–H groups in total. The zero-order valence-corrected chi connectivity index (χ0v) is 19.9. The second-order valence-electron chi connectivity index (χ2n) is 8.39. The third kappa shape index (κ3) is 6.73. The van der Waals surface area contributed by atoms with E-state index in [0.29, 0.717) is 30.3 Å². The van der Waals surface area contributed by atoms with Gasteiger partial charge in [-0.15, -0.1) is 0 Å². The summed E-state index contributed by atoms with van der Waals surface area (Å²) in [4.78, 5) is 26.6. The van der Waals surface area contributed by atoms with Crippen molar-refractivity contribution in [3.05, 3.63) is 90.0 Å². The number of fused-ring (bicyclic) bond motifs is 1. The minimum Gasteiger partial charge on any atom is -0.489 e. The van der Waals surface area contributed by atoms with Gasteiger partial charge in [-0.3, -0.25) is 9.59 Å². The van der Waals surface area contributed by atoms with Gasteiger partial charge in [-0.1, -0.05) is 62.2 Å². The average Bonchev–Trinajstić information content (AvgIpc) is 2.89. The van der Waals surface area contributed by atoms with E-state index < -0.39 is 0 Å². The number of nitrogens with one attached hydrogen (secondary N) is 1. The van der Waals surface area contributed by atoms with Crippen LogP contribution in [0.25, 0.3) is 6.08 Å². The Morgan fingerprint density at radius 1 is 1.06 bits per heavy atom. The molecule has 1 heterocycles. The molecule has 0 aliphatic carbocycles. The van der Waals surface area contributed by atoms with Gasteiger partial charge in [0.05, 0.1) is 5.69 Å². The molecule has 0 bridgehead atoms. The Balaban J connectivity index is 1.34. The van der Waals surface area contributed by atoms with Crippen LogP contribution in [0.5, 0.6) is 11.5 Å². The van der Waals surface area contributed by atoms with Gasteiger partial charge in [-0.2, -0.15) is 0 Å². The van der Waals surface area contributed by atoms with Crippen LogP contribution >= 0.6 is 0 Å². The molecule has 1 aliphatic rings. The summed E-state index contributed by atoms with van der Waals surface area (Å²) < 4.78 is 11.4. The number of anilines is 2. The van der Waals surface area contributed by atoms with Crippen molar-refractivity contribution >= 4 is 29.3 Å². The van der Waals surface area contributed by atoms with Crippen LogP contribution in [0.15, 0.2) is 78.9 Å². The zero-order valence-electron chi connectivity index (χ0n) is 19.9. The van der Waals surface area contributed by atoms with Crippen molar-refractivity contribution in [1.29, 1.82) is 0 Å². The first-order chi connectivity index (χ1) is 17.1. The fourth-order valence-corrected chi connectivity index (χ4v) is 3.82. The Bertz CT molecular complexity index is 1170. The largest absolute Gasteiger partial charge is 0.489 e. The molecule has 4 rings (SSSR count). The Labute approximate surface area is 206 Å². The normalized spacial score (nSPS) is 12.8. The van der Waals surface area contributed by atoms with E-state index in [9.17, 15) is 9.59 Å². The standard InChI is InChI=1S/C29H30N2O4/c1-2-3-7-18-31-26-19-24(13-16-27(26)35-21-29(31)33)30-28(32)17-12-22-10-14-25(15-11-22)34-20-23-8-5-4-6-9-23/h4-6,8-17,19H,2-3,7,18,20-21H2,1H3,(H,30,32)/b17-12+. The number of hydrogen-bond acceptors (Lipinski definition) is 4. The summed E-state index contributed by atoms with van der Waals surface area (Å²) in [6, 6.07) is 22.9. The van der Waals surface area contributed by atoms with Gasteiger partial charge < -0.3 is 19.7 Å². The fourth-order valence-electron chi connectivity index (χ4n) is 3.82. The highest BCUT2D eigenvalue weighted by Crippen LogP contribution is 2.34. The third-order valence-corrected chi connectivity index (χ3v) is 5.71. The van der Waals surface area contributed by atoms with Gasteiger partial charge >= 0.3 is 0 Å². The number of benzene rings is 3. The number of carbonyl (C=O) groups is 2. The van der Waals surface area contributed by atoms with E-state index in [1.807, 2.05) is 54.6 Å². The molecule has 0 fully saturated rings. The van der Waals surface area contributed by atoms with Crippen molar-refractivity contribution in [2.75, 3.05) is 23.4 Å². The first-order valence-electron chi connectivity index (χ1n) is 12.0. The maximum atomic E-state index is 12.5. The van der Waals surface area contributed by atoms with Crippen molar-refractivity contribution in [2.45, 2.75) is 32.8 Å². The first kappa shape index (κ1) is 24.1. The van der Waals surface area contributed by atoms with Crippen LogP contribution in [0.3, 0.4) is 0 Å². The molecule has 0 atom stereocenters. The number of nitrogens with zero attached hydrogens (tertiary/aromatic N) is 1. The van der Waals surface area contributed by atoms with Gasteiger partial charge in [-0.05, 0) is 54.0 Å². The van der Waals surface area contributed by atoms with Gasteiger partial charge in [0.25, 0.3) is 5.91 Å². The van der Waals surface area contributed by atoms with Crippen LogP contribution in [0.2, 0.25) is 0 Å². The maximum absolute atomic E-state index is 12.5. The van der Waals surface area contributed by atoms with Crippen LogP contribution in [-0.2, 0) is 16.2 Å². The molecule has 35 heavy (non-hydrogen) atoms. The molecule has 6 nitrogen and oxygen atoms in total. The van der Waals surface area contributed by atoms with E-state index in [1.54, 1.807) is 29.2 Å². The summed E-state index contributed by atoms with van der Waals surface area (Å²) in [5.41, 5.74) is 3.31. The predicted molar refractivity (Wildman–Crippen MR) is 139 cm³/mol. The van der Waals surface area contributed by atoms with E-state index >= 15 is 0 Å². The molecule has 0 saturated carbocycles. The highest BCUT2D eigenvalue weighted by molar-refractivity contribution is 6.03.